The highest BCUT2D eigenvalue weighted by Crippen LogP contribution is 2.45. The van der Waals surface area contributed by atoms with Crippen molar-refractivity contribution in [2.24, 2.45) is 28.9 Å². The van der Waals surface area contributed by atoms with E-state index in [0.29, 0.717) is 12.5 Å². The van der Waals surface area contributed by atoms with Crippen LogP contribution in [-0.4, -0.2) is 31.0 Å². The second-order valence-electron chi connectivity index (χ2n) is 7.07. The first kappa shape index (κ1) is 15.3. The van der Waals surface area contributed by atoms with Crippen molar-refractivity contribution in [1.29, 1.82) is 0 Å². The Labute approximate surface area is 117 Å². The topological polar surface area (TPSA) is 55.5 Å². The Balaban J connectivity index is 1.98. The average Bonchev–Trinajstić information content (AvgIpc) is 2.47. The lowest BCUT2D eigenvalue weighted by atomic mass is 9.62. The van der Waals surface area contributed by atoms with Gasteiger partial charge in [0.15, 0.2) is 0 Å². The smallest absolute Gasteiger partial charge is 0.0658 e. The molecular weight excluding hydrogens is 238 g/mol. The number of aliphatic hydroxyl groups excluding tert-OH is 1. The third-order valence-electron chi connectivity index (χ3n) is 5.64. The first-order valence-corrected chi connectivity index (χ1v) is 8.05. The van der Waals surface area contributed by atoms with Crippen LogP contribution in [-0.2, 0) is 4.74 Å². The van der Waals surface area contributed by atoms with Gasteiger partial charge in [-0.25, -0.2) is 0 Å². The predicted octanol–water partition coefficient (Wildman–Crippen LogP) is 2.57. The zero-order valence-electron chi connectivity index (χ0n) is 12.6. The standard InChI is InChI=1S/C16H31NO2/c1-12(2)13-5-7-16(11-17,8-6-13)15(18)14-4-3-9-19-10-14/h12-15,18H,3-11,17H2,1-2H3. The number of aliphatic hydroxyl groups is 1. The van der Waals surface area contributed by atoms with Crippen LogP contribution >= 0.6 is 0 Å². The zero-order valence-corrected chi connectivity index (χ0v) is 12.6. The highest BCUT2D eigenvalue weighted by Gasteiger charge is 2.44. The van der Waals surface area contributed by atoms with Gasteiger partial charge in [-0.05, 0) is 50.4 Å². The van der Waals surface area contributed by atoms with Crippen LogP contribution in [0.3, 0.4) is 0 Å². The van der Waals surface area contributed by atoms with E-state index in [0.717, 1.165) is 50.7 Å². The molecule has 1 saturated heterocycles. The largest absolute Gasteiger partial charge is 0.392 e. The maximum atomic E-state index is 10.8. The highest BCUT2D eigenvalue weighted by molar-refractivity contribution is 4.95. The zero-order chi connectivity index (χ0) is 13.9. The van der Waals surface area contributed by atoms with Gasteiger partial charge in [0.05, 0.1) is 12.7 Å². The second kappa shape index (κ2) is 6.55. The van der Waals surface area contributed by atoms with Crippen molar-refractivity contribution in [2.75, 3.05) is 19.8 Å². The first-order valence-electron chi connectivity index (χ1n) is 8.05. The summed E-state index contributed by atoms with van der Waals surface area (Å²) in [4.78, 5) is 0. The van der Waals surface area contributed by atoms with Crippen molar-refractivity contribution in [3.8, 4) is 0 Å². The van der Waals surface area contributed by atoms with Gasteiger partial charge in [-0.15, -0.1) is 0 Å². The summed E-state index contributed by atoms with van der Waals surface area (Å²) in [6, 6.07) is 0. The Morgan fingerprint density at radius 3 is 2.37 bits per heavy atom. The number of hydrogen-bond acceptors (Lipinski definition) is 3. The molecule has 2 atom stereocenters. The minimum absolute atomic E-state index is 0.0449. The molecule has 1 heterocycles. The second-order valence-corrected chi connectivity index (χ2v) is 7.07. The van der Waals surface area contributed by atoms with Gasteiger partial charge in [0.25, 0.3) is 0 Å². The van der Waals surface area contributed by atoms with Gasteiger partial charge in [0, 0.05) is 24.5 Å². The van der Waals surface area contributed by atoms with Crippen LogP contribution in [0.15, 0.2) is 0 Å². The van der Waals surface area contributed by atoms with Crippen molar-refractivity contribution in [2.45, 2.75) is 58.5 Å². The molecule has 1 aliphatic heterocycles. The van der Waals surface area contributed by atoms with Crippen LogP contribution < -0.4 is 5.73 Å². The summed E-state index contributed by atoms with van der Waals surface area (Å²) in [6.07, 6.45) is 6.52. The van der Waals surface area contributed by atoms with Crippen LogP contribution in [0.25, 0.3) is 0 Å². The lowest BCUT2D eigenvalue weighted by Gasteiger charge is -2.46. The molecule has 1 aliphatic carbocycles. The van der Waals surface area contributed by atoms with E-state index in [1.807, 2.05) is 0 Å². The van der Waals surface area contributed by atoms with E-state index < -0.39 is 0 Å². The van der Waals surface area contributed by atoms with Gasteiger partial charge in [-0.1, -0.05) is 13.8 Å². The maximum Gasteiger partial charge on any atom is 0.0658 e. The molecule has 1 saturated carbocycles. The molecule has 2 aliphatic rings. The monoisotopic (exact) mass is 269 g/mol. The highest BCUT2D eigenvalue weighted by atomic mass is 16.5. The number of nitrogens with two attached hydrogens (primary N) is 1. The van der Waals surface area contributed by atoms with E-state index >= 15 is 0 Å². The van der Waals surface area contributed by atoms with Crippen LogP contribution in [0.4, 0.5) is 0 Å². The third kappa shape index (κ3) is 3.32. The molecule has 3 nitrogen and oxygen atoms in total. The van der Waals surface area contributed by atoms with Gasteiger partial charge in [0.2, 0.25) is 0 Å². The molecule has 3 heteroatoms. The molecule has 0 aromatic carbocycles. The molecule has 0 radical (unpaired) electrons. The van der Waals surface area contributed by atoms with E-state index in [1.165, 1.54) is 12.8 Å². The summed E-state index contributed by atoms with van der Waals surface area (Å²) < 4.78 is 5.54. The minimum Gasteiger partial charge on any atom is -0.392 e. The maximum absolute atomic E-state index is 10.8. The van der Waals surface area contributed by atoms with E-state index in [1.54, 1.807) is 0 Å². The summed E-state index contributed by atoms with van der Waals surface area (Å²) in [5.41, 5.74) is 6.02. The van der Waals surface area contributed by atoms with Gasteiger partial charge >= 0.3 is 0 Å². The van der Waals surface area contributed by atoms with E-state index in [2.05, 4.69) is 13.8 Å². The summed E-state index contributed by atoms with van der Waals surface area (Å²) in [7, 11) is 0. The number of hydrogen-bond donors (Lipinski definition) is 2. The summed E-state index contributed by atoms with van der Waals surface area (Å²) in [5.74, 6) is 1.87. The summed E-state index contributed by atoms with van der Waals surface area (Å²) in [5, 5.41) is 10.8. The van der Waals surface area contributed by atoms with Gasteiger partial charge < -0.3 is 15.6 Å². The van der Waals surface area contributed by atoms with E-state index in [9.17, 15) is 5.11 Å². The fraction of sp³-hybridized carbons (Fsp3) is 1.00. The molecule has 19 heavy (non-hydrogen) atoms. The lowest BCUT2D eigenvalue weighted by Crippen LogP contribution is -2.49. The first-order chi connectivity index (χ1) is 9.09. The van der Waals surface area contributed by atoms with Crippen molar-refractivity contribution < 1.29 is 9.84 Å². The molecule has 2 unspecified atom stereocenters. The fourth-order valence-corrected chi connectivity index (χ4v) is 4.02. The van der Waals surface area contributed by atoms with Crippen LogP contribution in [0, 0.1) is 23.2 Å². The Morgan fingerprint density at radius 1 is 1.21 bits per heavy atom. The Bertz CT molecular complexity index is 266. The van der Waals surface area contributed by atoms with Crippen molar-refractivity contribution in [3.05, 3.63) is 0 Å². The predicted molar refractivity (Wildman–Crippen MR) is 77.8 cm³/mol. The van der Waals surface area contributed by atoms with Crippen LogP contribution in [0.1, 0.15) is 52.4 Å². The van der Waals surface area contributed by atoms with Gasteiger partial charge in [-0.2, -0.15) is 0 Å². The molecule has 0 aromatic heterocycles. The molecule has 0 aromatic rings. The molecular formula is C16H31NO2. The van der Waals surface area contributed by atoms with Gasteiger partial charge in [-0.3, -0.25) is 0 Å². The normalized spacial score (nSPS) is 38.4. The fourth-order valence-electron chi connectivity index (χ4n) is 4.02. The van der Waals surface area contributed by atoms with Crippen molar-refractivity contribution in [3.63, 3.8) is 0 Å². The molecule has 2 fully saturated rings. The third-order valence-corrected chi connectivity index (χ3v) is 5.64. The van der Waals surface area contributed by atoms with Crippen LogP contribution in [0.2, 0.25) is 0 Å². The Morgan fingerprint density at radius 2 is 1.89 bits per heavy atom. The quantitative estimate of drug-likeness (QED) is 0.824. The Kier molecular flexibility index (Phi) is 5.27. The SMILES string of the molecule is CC(C)C1CCC(CN)(C(O)C2CCCOC2)CC1. The summed E-state index contributed by atoms with van der Waals surface area (Å²) in [6.45, 7) is 6.82. The minimum atomic E-state index is -0.272. The number of rotatable bonds is 4. The molecule has 0 amide bonds. The molecule has 0 bridgehead atoms. The van der Waals surface area contributed by atoms with Crippen molar-refractivity contribution >= 4 is 0 Å². The lowest BCUT2D eigenvalue weighted by molar-refractivity contribution is -0.0867. The van der Waals surface area contributed by atoms with E-state index in [-0.39, 0.29) is 11.5 Å². The molecule has 112 valence electrons. The van der Waals surface area contributed by atoms with Crippen molar-refractivity contribution in [1.82, 2.24) is 0 Å². The molecule has 2 rings (SSSR count). The number of ether oxygens (including phenoxy) is 1. The van der Waals surface area contributed by atoms with Crippen LogP contribution in [0.5, 0.6) is 0 Å². The average molecular weight is 269 g/mol. The Hall–Kier alpha value is -0.120. The van der Waals surface area contributed by atoms with Gasteiger partial charge in [0.1, 0.15) is 0 Å². The van der Waals surface area contributed by atoms with E-state index in [4.69, 9.17) is 10.5 Å². The summed E-state index contributed by atoms with van der Waals surface area (Å²) >= 11 is 0. The molecule has 3 N–H and O–H groups in total. The molecule has 0 spiro atoms.